The molecule has 1 N–H and O–H groups in total. The first kappa shape index (κ1) is 20.8. The Balaban J connectivity index is 1.71. The molecule has 1 aliphatic heterocycles. The molecule has 4 aromatic rings. The fourth-order valence-corrected chi connectivity index (χ4v) is 4.52. The average molecular weight is 448 g/mol. The highest BCUT2D eigenvalue weighted by molar-refractivity contribution is 6.38. The van der Waals surface area contributed by atoms with Crippen molar-refractivity contribution < 1.29 is 9.90 Å². The number of aliphatic hydroxyl groups is 1. The second kappa shape index (κ2) is 8.78. The van der Waals surface area contributed by atoms with E-state index in [1.54, 1.807) is 4.68 Å². The Morgan fingerprint density at radius 2 is 1.53 bits per heavy atom. The Labute approximate surface area is 190 Å². The maximum Gasteiger partial charge on any atom is 0.184 e. The third kappa shape index (κ3) is 3.68. The molecule has 2 aromatic carbocycles. The third-order valence-corrected chi connectivity index (χ3v) is 6.27. The summed E-state index contributed by atoms with van der Waals surface area (Å²) in [6, 6.07) is 19.4. The summed E-state index contributed by atoms with van der Waals surface area (Å²) in [5.41, 5.74) is 3.41. The number of hydrogen-bond acceptors (Lipinski definition) is 6. The molecule has 1 unspecified atom stereocenters. The molecule has 0 bridgehead atoms. The first-order valence-electron chi connectivity index (χ1n) is 10.6. The summed E-state index contributed by atoms with van der Waals surface area (Å²) in [5.74, 6) is 0. The Morgan fingerprint density at radius 3 is 2.12 bits per heavy atom. The Hall–Kier alpha value is -3.13. The fraction of sp³-hybridized carbons (Fsp3) is 0.250. The van der Waals surface area contributed by atoms with Crippen LogP contribution in [0.5, 0.6) is 0 Å². The molecule has 0 aliphatic carbocycles. The molecule has 1 saturated heterocycles. The highest BCUT2D eigenvalue weighted by atomic mass is 35.5. The second-order valence-electron chi connectivity index (χ2n) is 7.90. The number of carbonyl (C=O) groups excluding carboxylic acids is 1. The zero-order valence-corrected chi connectivity index (χ0v) is 18.1. The number of nitrogens with zero attached hydrogens (tertiary/aromatic N) is 5. The van der Waals surface area contributed by atoms with Crippen molar-refractivity contribution in [3.8, 4) is 22.5 Å². The number of carbonyl (C=O) groups is 1. The molecule has 0 spiro atoms. The predicted molar refractivity (Wildman–Crippen MR) is 123 cm³/mol. The van der Waals surface area contributed by atoms with Crippen LogP contribution in [0, 0.1) is 0 Å². The Morgan fingerprint density at radius 1 is 0.938 bits per heavy atom. The van der Waals surface area contributed by atoms with E-state index in [2.05, 4.69) is 10.2 Å². The van der Waals surface area contributed by atoms with Crippen molar-refractivity contribution in [2.24, 2.45) is 0 Å². The van der Waals surface area contributed by atoms with Crippen molar-refractivity contribution in [3.63, 3.8) is 0 Å². The summed E-state index contributed by atoms with van der Waals surface area (Å²) in [4.78, 5) is 14.2. The molecular weight excluding hydrogens is 426 g/mol. The lowest BCUT2D eigenvalue weighted by Crippen LogP contribution is -2.41. The van der Waals surface area contributed by atoms with Gasteiger partial charge in [0.1, 0.15) is 11.4 Å². The van der Waals surface area contributed by atoms with Gasteiger partial charge in [-0.2, -0.15) is 5.10 Å². The third-order valence-electron chi connectivity index (χ3n) is 5.90. The highest BCUT2D eigenvalue weighted by Crippen LogP contribution is 2.38. The summed E-state index contributed by atoms with van der Waals surface area (Å²) < 4.78 is 1.61. The van der Waals surface area contributed by atoms with Crippen LogP contribution in [0.4, 0.5) is 0 Å². The van der Waals surface area contributed by atoms with Gasteiger partial charge in [0.25, 0.3) is 0 Å². The van der Waals surface area contributed by atoms with Crippen molar-refractivity contribution in [1.82, 2.24) is 24.9 Å². The number of piperidine rings is 1. The number of rotatable bonds is 5. The van der Waals surface area contributed by atoms with E-state index >= 15 is 0 Å². The maximum absolute atomic E-state index is 12.2. The van der Waals surface area contributed by atoms with Crippen LogP contribution in [0.25, 0.3) is 33.5 Å². The van der Waals surface area contributed by atoms with Gasteiger partial charge in [-0.15, -0.1) is 10.2 Å². The van der Waals surface area contributed by atoms with Gasteiger partial charge in [-0.3, -0.25) is 9.69 Å². The zero-order chi connectivity index (χ0) is 22.1. The molecule has 162 valence electrons. The molecule has 0 radical (unpaired) electrons. The van der Waals surface area contributed by atoms with E-state index in [9.17, 15) is 9.90 Å². The van der Waals surface area contributed by atoms with E-state index in [-0.39, 0.29) is 6.10 Å². The van der Waals surface area contributed by atoms with Crippen LogP contribution in [0.15, 0.2) is 60.7 Å². The number of fused-ring (bicyclic) bond motifs is 1. The second-order valence-corrected chi connectivity index (χ2v) is 8.28. The van der Waals surface area contributed by atoms with E-state index in [0.29, 0.717) is 53.4 Å². The fourth-order valence-electron chi connectivity index (χ4n) is 4.19. The number of likely N-dealkylation sites (tertiary alicyclic amines) is 1. The quantitative estimate of drug-likeness (QED) is 0.466. The lowest BCUT2D eigenvalue weighted by molar-refractivity contribution is -0.116. The van der Waals surface area contributed by atoms with Gasteiger partial charge in [-0.25, -0.2) is 4.68 Å². The largest absolute Gasteiger partial charge is 0.393 e. The van der Waals surface area contributed by atoms with Crippen molar-refractivity contribution in [2.45, 2.75) is 25.1 Å². The summed E-state index contributed by atoms with van der Waals surface area (Å²) in [6.45, 7) is 1.19. The number of aldehydes is 1. The van der Waals surface area contributed by atoms with Crippen LogP contribution in [-0.4, -0.2) is 55.5 Å². The summed E-state index contributed by atoms with van der Waals surface area (Å²) in [7, 11) is 0. The molecule has 1 atom stereocenters. The monoisotopic (exact) mass is 447 g/mol. The summed E-state index contributed by atoms with van der Waals surface area (Å²) in [6.07, 6.45) is 1.09. The van der Waals surface area contributed by atoms with E-state index in [1.165, 1.54) is 0 Å². The van der Waals surface area contributed by atoms with E-state index < -0.39 is 6.17 Å². The van der Waals surface area contributed by atoms with Crippen LogP contribution in [0.2, 0.25) is 5.02 Å². The van der Waals surface area contributed by atoms with Crippen LogP contribution in [0.1, 0.15) is 19.0 Å². The van der Waals surface area contributed by atoms with Crippen LogP contribution in [-0.2, 0) is 4.79 Å². The lowest BCUT2D eigenvalue weighted by atomic mass is 10.1. The molecule has 7 nitrogen and oxygen atoms in total. The Kier molecular flexibility index (Phi) is 5.70. The average Bonchev–Trinajstić information content (AvgIpc) is 3.22. The minimum Gasteiger partial charge on any atom is -0.393 e. The SMILES string of the molecule is O=CC(N1CCC(O)CC1)n1nc(-c2ccccc2)c2c(Cl)c(-c3ccccc3)nnc21. The first-order valence-corrected chi connectivity index (χ1v) is 11.0. The molecule has 0 amide bonds. The molecule has 5 rings (SSSR count). The van der Waals surface area contributed by atoms with Gasteiger partial charge in [-0.1, -0.05) is 72.3 Å². The molecular formula is C24H22ClN5O2. The van der Waals surface area contributed by atoms with Crippen molar-refractivity contribution in [2.75, 3.05) is 13.1 Å². The zero-order valence-electron chi connectivity index (χ0n) is 17.3. The lowest BCUT2D eigenvalue weighted by Gasteiger charge is -2.33. The van der Waals surface area contributed by atoms with Gasteiger partial charge < -0.3 is 5.11 Å². The summed E-state index contributed by atoms with van der Waals surface area (Å²) in [5, 5.41) is 24.7. The molecule has 1 aliphatic rings. The van der Waals surface area contributed by atoms with Crippen molar-refractivity contribution >= 4 is 28.9 Å². The number of benzene rings is 2. The topological polar surface area (TPSA) is 84.1 Å². The van der Waals surface area contributed by atoms with Gasteiger partial charge in [0.05, 0.1) is 16.5 Å². The molecule has 8 heteroatoms. The first-order chi connectivity index (χ1) is 15.7. The van der Waals surface area contributed by atoms with Gasteiger partial charge in [0.2, 0.25) is 0 Å². The summed E-state index contributed by atoms with van der Waals surface area (Å²) >= 11 is 6.91. The van der Waals surface area contributed by atoms with Gasteiger partial charge in [0, 0.05) is 24.2 Å². The number of halogens is 1. The standard InChI is InChI=1S/C24H22ClN5O2/c25-21-20-22(16-7-3-1-4-8-16)28-30(19(15-31)29-13-11-18(32)12-14-29)24(20)27-26-23(21)17-9-5-2-6-10-17/h1-10,15,18-19,32H,11-14H2. The van der Waals surface area contributed by atoms with Crippen LogP contribution < -0.4 is 0 Å². The molecule has 1 fully saturated rings. The smallest absolute Gasteiger partial charge is 0.184 e. The van der Waals surface area contributed by atoms with Crippen molar-refractivity contribution in [1.29, 1.82) is 0 Å². The normalized spacial score (nSPS) is 16.3. The Bertz CT molecular complexity index is 1240. The van der Waals surface area contributed by atoms with E-state index in [1.807, 2.05) is 65.6 Å². The van der Waals surface area contributed by atoms with E-state index in [0.717, 1.165) is 17.4 Å². The minimum absolute atomic E-state index is 0.338. The van der Waals surface area contributed by atoms with Gasteiger partial charge in [0.15, 0.2) is 18.1 Å². The number of aliphatic hydroxyl groups excluding tert-OH is 1. The van der Waals surface area contributed by atoms with Crippen LogP contribution >= 0.6 is 11.6 Å². The van der Waals surface area contributed by atoms with Gasteiger partial charge >= 0.3 is 0 Å². The number of aromatic nitrogens is 4. The predicted octanol–water partition coefficient (Wildman–Crippen LogP) is 3.97. The molecule has 2 aromatic heterocycles. The van der Waals surface area contributed by atoms with Crippen LogP contribution in [0.3, 0.4) is 0 Å². The van der Waals surface area contributed by atoms with E-state index in [4.69, 9.17) is 16.7 Å². The molecule has 0 saturated carbocycles. The van der Waals surface area contributed by atoms with Crippen molar-refractivity contribution in [3.05, 3.63) is 65.7 Å². The molecule has 3 heterocycles. The maximum atomic E-state index is 12.2. The molecule has 32 heavy (non-hydrogen) atoms. The number of hydrogen-bond donors (Lipinski definition) is 1. The highest BCUT2D eigenvalue weighted by Gasteiger charge is 2.30. The van der Waals surface area contributed by atoms with Gasteiger partial charge in [-0.05, 0) is 12.8 Å². The minimum atomic E-state index is -0.657.